The third kappa shape index (κ3) is 3.94. The lowest BCUT2D eigenvalue weighted by Crippen LogP contribution is -2.60. The number of rotatable bonds is 4. The molecule has 0 aliphatic carbocycles. The number of piperazine rings is 1. The molecule has 0 aromatic heterocycles. The van der Waals surface area contributed by atoms with Gasteiger partial charge in [0.1, 0.15) is 0 Å². The van der Waals surface area contributed by atoms with Gasteiger partial charge in [0.05, 0.1) is 0 Å². The van der Waals surface area contributed by atoms with Crippen LogP contribution in [0.3, 0.4) is 0 Å². The van der Waals surface area contributed by atoms with Crippen LogP contribution in [0.15, 0.2) is 0 Å². The average molecular weight is 244 g/mol. The Bertz CT molecular complexity index is 201. The molecule has 0 aromatic rings. The van der Waals surface area contributed by atoms with Gasteiger partial charge in [0, 0.05) is 37.5 Å². The fourth-order valence-electron chi connectivity index (χ4n) is 2.32. The van der Waals surface area contributed by atoms with Crippen LogP contribution in [-0.2, 0) is 0 Å². The van der Waals surface area contributed by atoms with Crippen LogP contribution >= 0.6 is 11.8 Å². The van der Waals surface area contributed by atoms with Crippen molar-refractivity contribution in [1.29, 1.82) is 0 Å². The summed E-state index contributed by atoms with van der Waals surface area (Å²) in [6, 6.07) is 1.38. The van der Waals surface area contributed by atoms with Crippen LogP contribution in [0.25, 0.3) is 0 Å². The molecule has 1 rings (SSSR count). The van der Waals surface area contributed by atoms with Gasteiger partial charge in [-0.1, -0.05) is 27.7 Å². The van der Waals surface area contributed by atoms with Crippen molar-refractivity contribution in [2.75, 3.05) is 31.6 Å². The van der Waals surface area contributed by atoms with Crippen molar-refractivity contribution in [1.82, 2.24) is 10.2 Å². The Hall–Kier alpha value is 0.270. The fourth-order valence-corrected chi connectivity index (χ4v) is 2.74. The summed E-state index contributed by atoms with van der Waals surface area (Å²) < 4.78 is 0. The van der Waals surface area contributed by atoms with Crippen molar-refractivity contribution in [2.24, 2.45) is 5.41 Å². The van der Waals surface area contributed by atoms with Gasteiger partial charge in [0.25, 0.3) is 0 Å². The minimum atomic E-state index is 0.371. The first kappa shape index (κ1) is 14.3. The summed E-state index contributed by atoms with van der Waals surface area (Å²) in [5.74, 6) is 1.26. The van der Waals surface area contributed by atoms with Crippen molar-refractivity contribution >= 4 is 11.8 Å². The highest BCUT2D eigenvalue weighted by atomic mass is 32.2. The molecule has 2 unspecified atom stereocenters. The van der Waals surface area contributed by atoms with Crippen molar-refractivity contribution < 1.29 is 0 Å². The molecule has 16 heavy (non-hydrogen) atoms. The van der Waals surface area contributed by atoms with Gasteiger partial charge in [-0.25, -0.2) is 0 Å². The average Bonchev–Trinajstić information content (AvgIpc) is 2.24. The van der Waals surface area contributed by atoms with E-state index < -0.39 is 0 Å². The molecule has 0 bridgehead atoms. The molecule has 0 spiro atoms. The minimum absolute atomic E-state index is 0.371. The summed E-state index contributed by atoms with van der Waals surface area (Å²) in [5.41, 5.74) is 0.371. The van der Waals surface area contributed by atoms with E-state index in [2.05, 4.69) is 44.2 Å². The van der Waals surface area contributed by atoms with Gasteiger partial charge >= 0.3 is 0 Å². The monoisotopic (exact) mass is 244 g/mol. The van der Waals surface area contributed by atoms with Gasteiger partial charge in [0.15, 0.2) is 0 Å². The number of hydrogen-bond donors (Lipinski definition) is 1. The molecule has 2 atom stereocenters. The highest BCUT2D eigenvalue weighted by Gasteiger charge is 2.32. The summed E-state index contributed by atoms with van der Waals surface area (Å²) >= 11 is 1.95. The maximum atomic E-state index is 3.72. The predicted octanol–water partition coefficient (Wildman–Crippen LogP) is 2.45. The van der Waals surface area contributed by atoms with Crippen LogP contribution in [0.4, 0.5) is 0 Å². The molecule has 1 N–H and O–H groups in total. The third-order valence-corrected chi connectivity index (χ3v) is 4.22. The van der Waals surface area contributed by atoms with E-state index in [1.54, 1.807) is 0 Å². The zero-order valence-electron chi connectivity index (χ0n) is 11.5. The topological polar surface area (TPSA) is 15.3 Å². The lowest BCUT2D eigenvalue weighted by molar-refractivity contribution is 0.0894. The van der Waals surface area contributed by atoms with E-state index in [4.69, 9.17) is 0 Å². The summed E-state index contributed by atoms with van der Waals surface area (Å²) in [4.78, 5) is 2.68. The largest absolute Gasteiger partial charge is 0.311 e. The van der Waals surface area contributed by atoms with Gasteiger partial charge in [0.2, 0.25) is 0 Å². The summed E-state index contributed by atoms with van der Waals surface area (Å²) in [6.45, 7) is 12.9. The zero-order chi connectivity index (χ0) is 12.2. The molecular weight excluding hydrogens is 216 g/mol. The van der Waals surface area contributed by atoms with Gasteiger partial charge in [-0.3, -0.25) is 4.90 Å². The van der Waals surface area contributed by atoms with Gasteiger partial charge in [-0.15, -0.1) is 0 Å². The zero-order valence-corrected chi connectivity index (χ0v) is 12.4. The van der Waals surface area contributed by atoms with Crippen LogP contribution in [-0.4, -0.2) is 48.6 Å². The van der Waals surface area contributed by atoms with Crippen molar-refractivity contribution in [3.8, 4) is 0 Å². The van der Waals surface area contributed by atoms with E-state index in [0.29, 0.717) is 11.5 Å². The predicted molar refractivity (Wildman–Crippen MR) is 75.3 cm³/mol. The normalized spacial score (nSPS) is 28.3. The smallest absolute Gasteiger partial charge is 0.0244 e. The molecule has 1 heterocycles. The SMILES string of the molecule is CCC1CNC(C(C)(C)C)CN1CCSC. The van der Waals surface area contributed by atoms with Crippen LogP contribution in [0.1, 0.15) is 34.1 Å². The molecule has 2 nitrogen and oxygen atoms in total. The Labute approximate surface area is 106 Å². The standard InChI is InChI=1S/C13H28N2S/c1-6-11-9-14-12(13(2,3)4)10-15(11)7-8-16-5/h11-12,14H,6-10H2,1-5H3. The summed E-state index contributed by atoms with van der Waals surface area (Å²) in [5, 5.41) is 3.72. The van der Waals surface area contributed by atoms with Gasteiger partial charge in [-0.2, -0.15) is 11.8 Å². The number of hydrogen-bond acceptors (Lipinski definition) is 3. The Morgan fingerprint density at radius 1 is 1.38 bits per heavy atom. The lowest BCUT2D eigenvalue weighted by Gasteiger charge is -2.45. The molecule has 0 saturated carbocycles. The molecule has 3 heteroatoms. The maximum Gasteiger partial charge on any atom is 0.0244 e. The highest BCUT2D eigenvalue weighted by molar-refractivity contribution is 7.98. The first-order valence-electron chi connectivity index (χ1n) is 6.45. The molecule has 0 radical (unpaired) electrons. The summed E-state index contributed by atoms with van der Waals surface area (Å²) in [7, 11) is 0. The van der Waals surface area contributed by atoms with Crippen molar-refractivity contribution in [3.63, 3.8) is 0 Å². The first-order valence-corrected chi connectivity index (χ1v) is 7.84. The number of nitrogens with one attached hydrogen (secondary N) is 1. The molecule has 96 valence electrons. The third-order valence-electron chi connectivity index (χ3n) is 3.63. The Balaban J connectivity index is 2.54. The van der Waals surface area contributed by atoms with Crippen LogP contribution in [0, 0.1) is 5.41 Å². The molecule has 1 aliphatic heterocycles. The highest BCUT2D eigenvalue weighted by Crippen LogP contribution is 2.24. The van der Waals surface area contributed by atoms with E-state index >= 15 is 0 Å². The quantitative estimate of drug-likeness (QED) is 0.818. The number of nitrogens with zero attached hydrogens (tertiary/aromatic N) is 1. The van der Waals surface area contributed by atoms with Crippen LogP contribution in [0.5, 0.6) is 0 Å². The summed E-state index contributed by atoms with van der Waals surface area (Å²) in [6.07, 6.45) is 3.46. The van der Waals surface area contributed by atoms with Crippen LogP contribution < -0.4 is 5.32 Å². The van der Waals surface area contributed by atoms with E-state index in [0.717, 1.165) is 12.6 Å². The van der Waals surface area contributed by atoms with Crippen LogP contribution in [0.2, 0.25) is 0 Å². The maximum absolute atomic E-state index is 3.72. The molecule has 1 fully saturated rings. The van der Waals surface area contributed by atoms with E-state index in [9.17, 15) is 0 Å². The van der Waals surface area contributed by atoms with Gasteiger partial charge < -0.3 is 5.32 Å². The Morgan fingerprint density at radius 3 is 2.56 bits per heavy atom. The second-order valence-electron chi connectivity index (χ2n) is 5.88. The second-order valence-corrected chi connectivity index (χ2v) is 6.86. The fraction of sp³-hybridized carbons (Fsp3) is 1.00. The van der Waals surface area contributed by atoms with Crippen molar-refractivity contribution in [2.45, 2.75) is 46.2 Å². The molecule has 0 aromatic carbocycles. The van der Waals surface area contributed by atoms with E-state index in [1.807, 2.05) is 11.8 Å². The lowest BCUT2D eigenvalue weighted by atomic mass is 9.84. The minimum Gasteiger partial charge on any atom is -0.311 e. The Morgan fingerprint density at radius 2 is 2.06 bits per heavy atom. The second kappa shape index (κ2) is 6.27. The molecule has 0 amide bonds. The Kier molecular flexibility index (Phi) is 5.62. The first-order chi connectivity index (χ1) is 7.49. The van der Waals surface area contributed by atoms with E-state index in [-0.39, 0.29) is 0 Å². The molecule has 1 saturated heterocycles. The van der Waals surface area contributed by atoms with Gasteiger partial charge in [-0.05, 0) is 18.1 Å². The molecular formula is C13H28N2S. The molecule has 1 aliphatic rings. The van der Waals surface area contributed by atoms with Crippen molar-refractivity contribution in [3.05, 3.63) is 0 Å². The number of thioether (sulfide) groups is 1. The van der Waals surface area contributed by atoms with E-state index in [1.165, 1.54) is 25.3 Å².